The van der Waals surface area contributed by atoms with Crippen LogP contribution in [0.4, 0.5) is 0 Å². The molecule has 1 aliphatic carbocycles. The average molecular weight is 465 g/mol. The van der Waals surface area contributed by atoms with E-state index in [1.807, 2.05) is 6.07 Å². The van der Waals surface area contributed by atoms with Gasteiger partial charge in [-0.05, 0) is 64.9 Å². The topological polar surface area (TPSA) is 96.2 Å². The number of carbonyl (C=O) groups excluding carboxylic acids is 1. The fourth-order valence-corrected chi connectivity index (χ4v) is 3.87. The number of benzene rings is 2. The molecular formula is C28H32O6. The van der Waals surface area contributed by atoms with Crippen molar-refractivity contribution >= 4 is 17.9 Å². The maximum Gasteiger partial charge on any atom is 0.185 e. The van der Waals surface area contributed by atoms with Gasteiger partial charge in [-0.25, -0.2) is 0 Å². The van der Waals surface area contributed by atoms with Gasteiger partial charge in [-0.1, -0.05) is 49.6 Å². The van der Waals surface area contributed by atoms with Crippen LogP contribution in [0.25, 0.3) is 12.2 Å². The third-order valence-corrected chi connectivity index (χ3v) is 6.16. The van der Waals surface area contributed by atoms with E-state index in [4.69, 9.17) is 9.47 Å². The monoisotopic (exact) mass is 464 g/mol. The molecule has 0 aliphatic heterocycles. The minimum Gasteiger partial charge on any atom is -0.508 e. The first-order valence-electron chi connectivity index (χ1n) is 11.4. The largest absolute Gasteiger partial charge is 0.508 e. The Labute approximate surface area is 200 Å². The van der Waals surface area contributed by atoms with Gasteiger partial charge in [0.15, 0.2) is 17.3 Å². The molecule has 0 atom stereocenters. The van der Waals surface area contributed by atoms with Crippen LogP contribution in [-0.2, 0) is 18.0 Å². The van der Waals surface area contributed by atoms with Gasteiger partial charge in [0.25, 0.3) is 0 Å². The fraction of sp³-hybridized carbons (Fsp3) is 0.321. The van der Waals surface area contributed by atoms with Crippen LogP contribution in [0, 0.1) is 5.92 Å². The molecule has 3 rings (SSSR count). The number of ketones is 1. The molecule has 3 N–H and O–H groups in total. The smallest absolute Gasteiger partial charge is 0.185 e. The molecule has 180 valence electrons. The highest BCUT2D eigenvalue weighted by atomic mass is 16.5. The molecule has 0 radical (unpaired) electrons. The lowest BCUT2D eigenvalue weighted by molar-refractivity contribution is -0.111. The van der Waals surface area contributed by atoms with E-state index in [2.05, 4.69) is 0 Å². The minimum absolute atomic E-state index is 0.0642. The van der Waals surface area contributed by atoms with Crippen LogP contribution in [0.5, 0.6) is 11.5 Å². The van der Waals surface area contributed by atoms with Crippen LogP contribution in [0.15, 0.2) is 59.9 Å². The summed E-state index contributed by atoms with van der Waals surface area (Å²) in [4.78, 5) is 13.1. The van der Waals surface area contributed by atoms with Crippen molar-refractivity contribution < 1.29 is 29.6 Å². The molecular weight excluding hydrogens is 432 g/mol. The summed E-state index contributed by atoms with van der Waals surface area (Å²) in [5.74, 6) is 1.27. The van der Waals surface area contributed by atoms with E-state index in [9.17, 15) is 20.1 Å². The second kappa shape index (κ2) is 12.2. The molecule has 1 aliphatic rings. The highest BCUT2D eigenvalue weighted by Gasteiger charge is 2.23. The maximum absolute atomic E-state index is 13.1. The van der Waals surface area contributed by atoms with E-state index in [0.29, 0.717) is 40.5 Å². The molecule has 0 spiro atoms. The number of hydrogen-bond acceptors (Lipinski definition) is 6. The van der Waals surface area contributed by atoms with Crippen LogP contribution in [0.1, 0.15) is 47.9 Å². The Hall–Kier alpha value is -3.35. The SMILES string of the molecule is COc1ccc(/C=C/C(=O)/C(CC2CCC2)=C(O)/C=C/c2ccc(CO)c(CO)c2)cc1OC. The number of carbonyl (C=O) groups is 1. The third kappa shape index (κ3) is 6.37. The van der Waals surface area contributed by atoms with Gasteiger partial charge in [-0.2, -0.15) is 0 Å². The zero-order valence-electron chi connectivity index (χ0n) is 19.7. The van der Waals surface area contributed by atoms with Gasteiger partial charge in [0, 0.05) is 5.57 Å². The van der Waals surface area contributed by atoms with Crippen LogP contribution in [0.2, 0.25) is 0 Å². The first-order chi connectivity index (χ1) is 16.5. The van der Waals surface area contributed by atoms with Gasteiger partial charge in [-0.15, -0.1) is 0 Å². The summed E-state index contributed by atoms with van der Waals surface area (Å²) in [6.07, 6.45) is 10.2. The Morgan fingerprint density at radius 2 is 1.56 bits per heavy atom. The fourth-order valence-electron chi connectivity index (χ4n) is 3.87. The van der Waals surface area contributed by atoms with Gasteiger partial charge in [-0.3, -0.25) is 4.79 Å². The van der Waals surface area contributed by atoms with Crippen molar-refractivity contribution in [2.45, 2.75) is 38.9 Å². The van der Waals surface area contributed by atoms with Gasteiger partial charge < -0.3 is 24.8 Å². The Balaban J connectivity index is 1.84. The van der Waals surface area contributed by atoms with Crippen LogP contribution in [0.3, 0.4) is 0 Å². The molecule has 0 amide bonds. The predicted molar refractivity (Wildman–Crippen MR) is 133 cm³/mol. The molecule has 34 heavy (non-hydrogen) atoms. The first kappa shape index (κ1) is 25.3. The van der Waals surface area contributed by atoms with Crippen LogP contribution < -0.4 is 9.47 Å². The molecule has 0 bridgehead atoms. The van der Waals surface area contributed by atoms with E-state index in [-0.39, 0.29) is 24.8 Å². The molecule has 0 heterocycles. The molecule has 6 heteroatoms. The Bertz CT molecular complexity index is 1090. The highest BCUT2D eigenvalue weighted by Crippen LogP contribution is 2.34. The minimum atomic E-state index is -0.240. The number of methoxy groups -OCH3 is 2. The molecule has 0 saturated heterocycles. The number of aliphatic hydroxyl groups excluding tert-OH is 3. The Kier molecular flexibility index (Phi) is 9.08. The second-order valence-electron chi connectivity index (χ2n) is 8.35. The zero-order chi connectivity index (χ0) is 24.5. The average Bonchev–Trinajstić information content (AvgIpc) is 2.84. The van der Waals surface area contributed by atoms with Crippen LogP contribution in [-0.4, -0.2) is 35.3 Å². The number of hydrogen-bond donors (Lipinski definition) is 3. The van der Waals surface area contributed by atoms with Gasteiger partial charge in [0.05, 0.1) is 27.4 Å². The normalized spacial score (nSPS) is 14.8. The van der Waals surface area contributed by atoms with Gasteiger partial charge in [0.1, 0.15) is 5.76 Å². The molecule has 6 nitrogen and oxygen atoms in total. The summed E-state index contributed by atoms with van der Waals surface area (Å²) in [6, 6.07) is 10.7. The number of aliphatic hydroxyl groups is 3. The van der Waals surface area contributed by atoms with Crippen molar-refractivity contribution in [1.82, 2.24) is 0 Å². The lowest BCUT2D eigenvalue weighted by atomic mass is 9.79. The molecule has 1 fully saturated rings. The summed E-state index contributed by atoms with van der Waals surface area (Å²) >= 11 is 0. The highest BCUT2D eigenvalue weighted by molar-refractivity contribution is 6.07. The second-order valence-corrected chi connectivity index (χ2v) is 8.35. The zero-order valence-corrected chi connectivity index (χ0v) is 19.7. The summed E-state index contributed by atoms with van der Waals surface area (Å²) in [7, 11) is 3.12. The lowest BCUT2D eigenvalue weighted by Gasteiger charge is -2.25. The Morgan fingerprint density at radius 1 is 0.912 bits per heavy atom. The first-order valence-corrected chi connectivity index (χ1v) is 11.4. The standard InChI is InChI=1S/C28H32O6/c1-33-27-13-9-21(16-28(27)34-2)8-12-26(32)24(15-19-4-3-5-19)25(31)11-7-20-6-10-22(17-29)23(14-20)18-30/h6-14,16,19,29-31H,3-5,15,17-18H2,1-2H3/b11-7+,12-8+,25-24-. The van der Waals surface area contributed by atoms with Crippen molar-refractivity contribution in [1.29, 1.82) is 0 Å². The molecule has 1 saturated carbocycles. The predicted octanol–water partition coefficient (Wildman–Crippen LogP) is 4.99. The lowest BCUT2D eigenvalue weighted by Crippen LogP contribution is -2.15. The summed E-state index contributed by atoms with van der Waals surface area (Å²) < 4.78 is 10.6. The van der Waals surface area contributed by atoms with Crippen molar-refractivity contribution in [3.05, 3.63) is 82.1 Å². The van der Waals surface area contributed by atoms with Crippen LogP contribution >= 0.6 is 0 Å². The quantitative estimate of drug-likeness (QED) is 0.246. The van der Waals surface area contributed by atoms with Gasteiger partial charge in [0.2, 0.25) is 0 Å². The van der Waals surface area contributed by atoms with Crippen molar-refractivity contribution in [3.8, 4) is 11.5 Å². The van der Waals surface area contributed by atoms with E-state index < -0.39 is 0 Å². The van der Waals surface area contributed by atoms with E-state index in [0.717, 1.165) is 30.4 Å². The molecule has 2 aromatic carbocycles. The summed E-state index contributed by atoms with van der Waals surface area (Å²) in [6.45, 7) is -0.344. The van der Waals surface area contributed by atoms with E-state index in [1.54, 1.807) is 56.7 Å². The Morgan fingerprint density at radius 3 is 2.18 bits per heavy atom. The van der Waals surface area contributed by atoms with E-state index in [1.165, 1.54) is 12.2 Å². The third-order valence-electron chi connectivity index (χ3n) is 6.16. The van der Waals surface area contributed by atoms with Gasteiger partial charge >= 0.3 is 0 Å². The van der Waals surface area contributed by atoms with Crippen molar-refractivity contribution in [2.24, 2.45) is 5.92 Å². The van der Waals surface area contributed by atoms with Crippen molar-refractivity contribution in [3.63, 3.8) is 0 Å². The number of ether oxygens (including phenoxy) is 2. The van der Waals surface area contributed by atoms with Crippen molar-refractivity contribution in [2.75, 3.05) is 14.2 Å². The summed E-state index contributed by atoms with van der Waals surface area (Å²) in [5.41, 5.74) is 3.19. The maximum atomic E-state index is 13.1. The molecule has 0 aromatic heterocycles. The molecule has 0 unspecified atom stereocenters. The summed E-state index contributed by atoms with van der Waals surface area (Å²) in [5, 5.41) is 29.7. The number of rotatable bonds is 11. The molecule has 2 aromatic rings. The number of allylic oxidation sites excluding steroid dienone is 3. The van der Waals surface area contributed by atoms with E-state index >= 15 is 0 Å².